The van der Waals surface area contributed by atoms with Crippen LogP contribution < -0.4 is 22.3 Å². The summed E-state index contributed by atoms with van der Waals surface area (Å²) < 4.78 is 1.33. The molecule has 0 fully saturated rings. The second-order valence-electron chi connectivity index (χ2n) is 4.25. The van der Waals surface area contributed by atoms with Gasteiger partial charge in [0.2, 0.25) is 0 Å². The van der Waals surface area contributed by atoms with Crippen LogP contribution >= 0.6 is 0 Å². The molecule has 0 spiro atoms. The highest BCUT2D eigenvalue weighted by atomic mass is 16.3. The minimum atomic E-state index is -0.564. The molecule has 0 aliphatic heterocycles. The number of nitrogens with one attached hydrogen (secondary N) is 2. The number of aliphatic hydroxyl groups excluding tert-OH is 1. The molecule has 0 aliphatic carbocycles. The zero-order valence-corrected chi connectivity index (χ0v) is 10.7. The highest BCUT2D eigenvalue weighted by Crippen LogP contribution is 2.11. The lowest BCUT2D eigenvalue weighted by Crippen LogP contribution is -2.36. The molecule has 0 amide bonds. The first-order valence-corrected chi connectivity index (χ1v) is 6.01. The van der Waals surface area contributed by atoms with Crippen LogP contribution in [0.4, 0.5) is 11.5 Å². The third-order valence-electron chi connectivity index (χ3n) is 2.64. The topological polar surface area (TPSA) is 113 Å². The minimum Gasteiger partial charge on any atom is -0.394 e. The monoisotopic (exact) mass is 256 g/mol. The Morgan fingerprint density at radius 1 is 1.50 bits per heavy atom. The number of nitrogen functional groups attached to an aromatic ring is 1. The fourth-order valence-corrected chi connectivity index (χ4v) is 1.56. The number of hydrogen-bond acceptors (Lipinski definition) is 5. The summed E-state index contributed by atoms with van der Waals surface area (Å²) in [6.45, 7) is 4.04. The lowest BCUT2D eigenvalue weighted by Gasteiger charge is -2.16. The Morgan fingerprint density at radius 3 is 2.72 bits per heavy atom. The van der Waals surface area contributed by atoms with Crippen molar-refractivity contribution in [2.75, 3.05) is 17.7 Å². The van der Waals surface area contributed by atoms with Crippen molar-refractivity contribution in [2.24, 2.45) is 0 Å². The van der Waals surface area contributed by atoms with E-state index in [4.69, 9.17) is 10.8 Å². The second kappa shape index (κ2) is 6.25. The van der Waals surface area contributed by atoms with E-state index in [0.29, 0.717) is 6.54 Å². The Kier molecular flexibility index (Phi) is 4.96. The van der Waals surface area contributed by atoms with Crippen LogP contribution in [0.25, 0.3) is 0 Å². The lowest BCUT2D eigenvalue weighted by atomic mass is 10.3. The molecular formula is C11H20N4O3. The molecule has 0 saturated heterocycles. The van der Waals surface area contributed by atoms with E-state index in [1.807, 2.05) is 6.92 Å². The number of aliphatic hydroxyl groups is 1. The van der Waals surface area contributed by atoms with Gasteiger partial charge in [-0.2, -0.15) is 0 Å². The highest BCUT2D eigenvalue weighted by molar-refractivity contribution is 5.60. The predicted octanol–water partition coefficient (Wildman–Crippen LogP) is -0.288. The molecule has 1 heterocycles. The van der Waals surface area contributed by atoms with E-state index in [1.54, 1.807) is 6.92 Å². The molecule has 0 saturated carbocycles. The van der Waals surface area contributed by atoms with Gasteiger partial charge in [0.1, 0.15) is 11.5 Å². The van der Waals surface area contributed by atoms with Crippen LogP contribution in [0.5, 0.6) is 0 Å². The van der Waals surface area contributed by atoms with Crippen molar-refractivity contribution in [3.05, 3.63) is 20.8 Å². The number of H-pyrrole nitrogens is 1. The SMILES string of the molecule is CCCCn1c(N)c(NC(C)CO)c(=O)[nH]c1=O. The molecule has 7 nitrogen and oxygen atoms in total. The van der Waals surface area contributed by atoms with Crippen molar-refractivity contribution in [1.82, 2.24) is 9.55 Å². The maximum Gasteiger partial charge on any atom is 0.330 e. The van der Waals surface area contributed by atoms with Crippen molar-refractivity contribution in [1.29, 1.82) is 0 Å². The number of nitrogens with two attached hydrogens (primary N) is 1. The number of hydrogen-bond donors (Lipinski definition) is 4. The van der Waals surface area contributed by atoms with E-state index in [0.717, 1.165) is 12.8 Å². The van der Waals surface area contributed by atoms with Gasteiger partial charge in [-0.05, 0) is 13.3 Å². The molecule has 0 bridgehead atoms. The first-order chi connectivity index (χ1) is 8.51. The summed E-state index contributed by atoms with van der Waals surface area (Å²) in [4.78, 5) is 25.5. The standard InChI is InChI=1S/C11H20N4O3/c1-3-4-5-15-9(12)8(13-7(2)6-16)10(17)14-11(15)18/h7,13,16H,3-6,12H2,1-2H3,(H,14,17,18). The van der Waals surface area contributed by atoms with Gasteiger partial charge in [0, 0.05) is 12.6 Å². The maximum absolute atomic E-state index is 11.6. The number of anilines is 2. The third kappa shape index (κ3) is 3.13. The largest absolute Gasteiger partial charge is 0.394 e. The van der Waals surface area contributed by atoms with Gasteiger partial charge >= 0.3 is 5.69 Å². The van der Waals surface area contributed by atoms with Crippen LogP contribution in [0.1, 0.15) is 26.7 Å². The van der Waals surface area contributed by atoms with E-state index in [9.17, 15) is 9.59 Å². The summed E-state index contributed by atoms with van der Waals surface area (Å²) in [6.07, 6.45) is 1.71. The molecular weight excluding hydrogens is 236 g/mol. The van der Waals surface area contributed by atoms with Gasteiger partial charge < -0.3 is 16.2 Å². The van der Waals surface area contributed by atoms with Crippen molar-refractivity contribution < 1.29 is 5.11 Å². The summed E-state index contributed by atoms with van der Waals surface area (Å²) in [5.41, 5.74) is 4.89. The van der Waals surface area contributed by atoms with Crippen molar-refractivity contribution in [3.63, 3.8) is 0 Å². The summed E-state index contributed by atoms with van der Waals surface area (Å²) >= 11 is 0. The zero-order chi connectivity index (χ0) is 13.7. The van der Waals surface area contributed by atoms with Crippen LogP contribution in [-0.4, -0.2) is 27.3 Å². The fourth-order valence-electron chi connectivity index (χ4n) is 1.56. The summed E-state index contributed by atoms with van der Waals surface area (Å²) in [6, 6.07) is -0.314. The van der Waals surface area contributed by atoms with E-state index in [1.165, 1.54) is 4.57 Å². The number of nitrogens with zero attached hydrogens (tertiary/aromatic N) is 1. The number of aromatic amines is 1. The van der Waals surface area contributed by atoms with E-state index in [-0.39, 0.29) is 24.2 Å². The summed E-state index contributed by atoms with van der Waals surface area (Å²) in [5, 5.41) is 11.8. The molecule has 1 atom stereocenters. The molecule has 1 rings (SSSR count). The summed E-state index contributed by atoms with van der Waals surface area (Å²) in [7, 11) is 0. The van der Waals surface area contributed by atoms with Gasteiger partial charge in [0.05, 0.1) is 6.61 Å². The van der Waals surface area contributed by atoms with Crippen LogP contribution in [0.2, 0.25) is 0 Å². The molecule has 1 aromatic heterocycles. The highest BCUT2D eigenvalue weighted by Gasteiger charge is 2.13. The Morgan fingerprint density at radius 2 is 2.17 bits per heavy atom. The average Bonchev–Trinajstić information content (AvgIpc) is 2.33. The minimum absolute atomic E-state index is 0.109. The van der Waals surface area contributed by atoms with E-state index >= 15 is 0 Å². The van der Waals surface area contributed by atoms with E-state index in [2.05, 4.69) is 10.3 Å². The Labute approximate surface area is 105 Å². The molecule has 1 aromatic rings. The first kappa shape index (κ1) is 14.3. The molecule has 102 valence electrons. The molecule has 0 aliphatic rings. The Hall–Kier alpha value is -1.76. The molecule has 1 unspecified atom stereocenters. The number of aromatic nitrogens is 2. The Balaban J connectivity index is 3.18. The first-order valence-electron chi connectivity index (χ1n) is 6.01. The smallest absolute Gasteiger partial charge is 0.330 e. The van der Waals surface area contributed by atoms with Gasteiger partial charge in [0.15, 0.2) is 0 Å². The third-order valence-corrected chi connectivity index (χ3v) is 2.64. The summed E-state index contributed by atoms with van der Waals surface area (Å²) in [5.74, 6) is 0.109. The average molecular weight is 256 g/mol. The second-order valence-corrected chi connectivity index (χ2v) is 4.25. The van der Waals surface area contributed by atoms with Gasteiger partial charge in [-0.15, -0.1) is 0 Å². The van der Waals surface area contributed by atoms with Gasteiger partial charge in [-0.1, -0.05) is 13.3 Å². The van der Waals surface area contributed by atoms with Gasteiger partial charge in [-0.25, -0.2) is 4.79 Å². The number of unbranched alkanes of at least 4 members (excludes halogenated alkanes) is 1. The molecule has 7 heteroatoms. The quantitative estimate of drug-likeness (QED) is 0.558. The van der Waals surface area contributed by atoms with Gasteiger partial charge in [-0.3, -0.25) is 14.3 Å². The predicted molar refractivity (Wildman–Crippen MR) is 70.8 cm³/mol. The van der Waals surface area contributed by atoms with Crippen molar-refractivity contribution in [3.8, 4) is 0 Å². The maximum atomic E-state index is 11.6. The molecule has 0 radical (unpaired) electrons. The van der Waals surface area contributed by atoms with Crippen molar-refractivity contribution in [2.45, 2.75) is 39.3 Å². The molecule has 5 N–H and O–H groups in total. The fraction of sp³-hybridized carbons (Fsp3) is 0.636. The molecule has 0 aromatic carbocycles. The van der Waals surface area contributed by atoms with Crippen molar-refractivity contribution >= 4 is 11.5 Å². The molecule has 18 heavy (non-hydrogen) atoms. The van der Waals surface area contributed by atoms with Crippen LogP contribution in [-0.2, 0) is 6.54 Å². The van der Waals surface area contributed by atoms with Gasteiger partial charge in [0.25, 0.3) is 5.56 Å². The number of rotatable bonds is 6. The lowest BCUT2D eigenvalue weighted by molar-refractivity contribution is 0.281. The van der Waals surface area contributed by atoms with Crippen LogP contribution in [0.3, 0.4) is 0 Å². The van der Waals surface area contributed by atoms with E-state index < -0.39 is 11.2 Å². The Bertz CT molecular complexity index is 506. The zero-order valence-electron chi connectivity index (χ0n) is 10.7. The normalized spacial score (nSPS) is 12.4. The van der Waals surface area contributed by atoms with Crippen LogP contribution in [0.15, 0.2) is 9.59 Å². The van der Waals surface area contributed by atoms with Crippen LogP contribution in [0, 0.1) is 0 Å².